The number of nitrogens with zero attached hydrogens (tertiary/aromatic N) is 2. The zero-order valence-electron chi connectivity index (χ0n) is 18.0. The van der Waals surface area contributed by atoms with Gasteiger partial charge in [0.25, 0.3) is 5.91 Å². The van der Waals surface area contributed by atoms with Gasteiger partial charge >= 0.3 is 0 Å². The van der Waals surface area contributed by atoms with Crippen LogP contribution in [0.5, 0.6) is 0 Å². The Kier molecular flexibility index (Phi) is 8.48. The van der Waals surface area contributed by atoms with Crippen molar-refractivity contribution in [3.05, 3.63) is 53.3 Å². The fourth-order valence-electron chi connectivity index (χ4n) is 4.19. The van der Waals surface area contributed by atoms with Crippen LogP contribution in [0.25, 0.3) is 0 Å². The fourth-order valence-corrected chi connectivity index (χ4v) is 4.19. The van der Waals surface area contributed by atoms with Crippen molar-refractivity contribution in [2.45, 2.75) is 64.8 Å². The van der Waals surface area contributed by atoms with E-state index in [0.29, 0.717) is 37.5 Å². The number of carbonyl (C=O) groups is 2. The van der Waals surface area contributed by atoms with E-state index in [-0.39, 0.29) is 11.8 Å². The van der Waals surface area contributed by atoms with Crippen LogP contribution in [0.2, 0.25) is 0 Å². The monoisotopic (exact) mass is 410 g/mol. The second-order valence-electron chi connectivity index (χ2n) is 8.21. The van der Waals surface area contributed by atoms with Crippen LogP contribution < -0.4 is 10.6 Å². The Bertz CT molecular complexity index is 810. The van der Waals surface area contributed by atoms with Gasteiger partial charge in [0.2, 0.25) is 5.91 Å². The average molecular weight is 411 g/mol. The lowest BCUT2D eigenvalue weighted by molar-refractivity contribution is -0.122. The second-order valence-corrected chi connectivity index (χ2v) is 8.21. The van der Waals surface area contributed by atoms with E-state index in [1.165, 1.54) is 19.3 Å². The quantitative estimate of drug-likeness (QED) is 0.587. The molecule has 6 nitrogen and oxygen atoms in total. The van der Waals surface area contributed by atoms with Crippen molar-refractivity contribution in [3.63, 3.8) is 0 Å². The molecule has 0 unspecified atom stereocenters. The summed E-state index contributed by atoms with van der Waals surface area (Å²) in [6, 6.07) is 10.1. The van der Waals surface area contributed by atoms with Gasteiger partial charge in [-0.25, -0.2) is 0 Å². The van der Waals surface area contributed by atoms with E-state index in [4.69, 9.17) is 0 Å². The molecule has 0 atom stereocenters. The van der Waals surface area contributed by atoms with E-state index in [0.717, 1.165) is 36.9 Å². The molecule has 0 saturated heterocycles. The smallest absolute Gasteiger partial charge is 0.254 e. The summed E-state index contributed by atoms with van der Waals surface area (Å²) in [5, 5.41) is 10.3. The topological polar surface area (TPSA) is 76.0 Å². The minimum absolute atomic E-state index is 0.0958. The predicted octanol–water partition coefficient (Wildman–Crippen LogP) is 3.70. The standard InChI is InChI=1S/C24H34N4O2/c1-2-9-22-21(17-27-28(22)18-20-12-7-4-8-13-20)24(30)26-15-14-25-23(29)16-19-10-5-3-6-11-19/h4,7-8,12-13,17,19H,2-3,5-6,9-11,14-16,18H2,1H3,(H,25,29)(H,26,30). The molecule has 0 bridgehead atoms. The number of nitrogens with one attached hydrogen (secondary N) is 2. The molecule has 1 aromatic carbocycles. The molecule has 2 aromatic rings. The van der Waals surface area contributed by atoms with E-state index < -0.39 is 0 Å². The number of carbonyl (C=O) groups excluding carboxylic acids is 2. The summed E-state index contributed by atoms with van der Waals surface area (Å²) < 4.78 is 1.92. The third-order valence-electron chi connectivity index (χ3n) is 5.79. The molecule has 1 heterocycles. The number of aromatic nitrogens is 2. The Hall–Kier alpha value is -2.63. The number of benzene rings is 1. The molecule has 162 valence electrons. The van der Waals surface area contributed by atoms with Gasteiger partial charge in [-0.3, -0.25) is 14.3 Å². The van der Waals surface area contributed by atoms with Crippen molar-refractivity contribution in [1.29, 1.82) is 0 Å². The van der Waals surface area contributed by atoms with Crippen molar-refractivity contribution in [2.24, 2.45) is 5.92 Å². The summed E-state index contributed by atoms with van der Waals surface area (Å²) in [6.07, 6.45) is 10.1. The molecule has 1 saturated carbocycles. The maximum absolute atomic E-state index is 12.7. The molecule has 0 spiro atoms. The third-order valence-corrected chi connectivity index (χ3v) is 5.79. The van der Waals surface area contributed by atoms with Crippen LogP contribution in [0, 0.1) is 5.92 Å². The highest BCUT2D eigenvalue weighted by Crippen LogP contribution is 2.26. The van der Waals surface area contributed by atoms with Gasteiger partial charge in [0.05, 0.1) is 24.0 Å². The highest BCUT2D eigenvalue weighted by atomic mass is 16.2. The zero-order valence-corrected chi connectivity index (χ0v) is 18.0. The van der Waals surface area contributed by atoms with E-state index in [2.05, 4.69) is 34.8 Å². The molecule has 0 radical (unpaired) electrons. The summed E-state index contributed by atoms with van der Waals surface area (Å²) in [5.74, 6) is 0.498. The van der Waals surface area contributed by atoms with Crippen LogP contribution in [0.15, 0.2) is 36.5 Å². The molecule has 0 aliphatic heterocycles. The molecular formula is C24H34N4O2. The lowest BCUT2D eigenvalue weighted by Crippen LogP contribution is -2.35. The lowest BCUT2D eigenvalue weighted by atomic mass is 9.87. The minimum Gasteiger partial charge on any atom is -0.354 e. The van der Waals surface area contributed by atoms with Crippen LogP contribution in [0.4, 0.5) is 0 Å². The highest BCUT2D eigenvalue weighted by molar-refractivity contribution is 5.95. The molecule has 1 fully saturated rings. The zero-order chi connectivity index (χ0) is 21.2. The first kappa shape index (κ1) is 22.1. The molecule has 1 aromatic heterocycles. The average Bonchev–Trinajstić information content (AvgIpc) is 3.15. The number of hydrogen-bond acceptors (Lipinski definition) is 3. The number of amides is 2. The Balaban J connectivity index is 1.48. The molecule has 3 rings (SSSR count). The summed E-state index contributed by atoms with van der Waals surface area (Å²) in [4.78, 5) is 24.8. The van der Waals surface area contributed by atoms with Crippen molar-refractivity contribution < 1.29 is 9.59 Å². The lowest BCUT2D eigenvalue weighted by Gasteiger charge is -2.20. The molecule has 2 amide bonds. The summed E-state index contributed by atoms with van der Waals surface area (Å²) in [7, 11) is 0. The first-order valence-corrected chi connectivity index (χ1v) is 11.3. The Morgan fingerprint density at radius 3 is 2.53 bits per heavy atom. The number of rotatable bonds is 10. The number of hydrogen-bond donors (Lipinski definition) is 2. The van der Waals surface area contributed by atoms with Gasteiger partial charge in [-0.05, 0) is 30.7 Å². The molecule has 6 heteroatoms. The Labute approximate surface area is 179 Å². The van der Waals surface area contributed by atoms with Gasteiger partial charge in [-0.1, -0.05) is 62.9 Å². The first-order chi connectivity index (χ1) is 14.7. The summed E-state index contributed by atoms with van der Waals surface area (Å²) >= 11 is 0. The van der Waals surface area contributed by atoms with Crippen molar-refractivity contribution in [2.75, 3.05) is 13.1 Å². The molecule has 2 N–H and O–H groups in total. The largest absolute Gasteiger partial charge is 0.354 e. The molecular weight excluding hydrogens is 376 g/mol. The Morgan fingerprint density at radius 2 is 1.80 bits per heavy atom. The van der Waals surface area contributed by atoms with E-state index in [1.54, 1.807) is 6.20 Å². The molecule has 30 heavy (non-hydrogen) atoms. The van der Waals surface area contributed by atoms with Crippen LogP contribution >= 0.6 is 0 Å². The molecule has 1 aliphatic carbocycles. The summed E-state index contributed by atoms with van der Waals surface area (Å²) in [5.41, 5.74) is 2.74. The van der Waals surface area contributed by atoms with Crippen LogP contribution in [0.1, 0.15) is 73.5 Å². The van der Waals surface area contributed by atoms with Gasteiger partial charge < -0.3 is 10.6 Å². The normalized spacial score (nSPS) is 14.4. The van der Waals surface area contributed by atoms with Gasteiger partial charge in [0.15, 0.2) is 0 Å². The second kappa shape index (κ2) is 11.5. The van der Waals surface area contributed by atoms with E-state index >= 15 is 0 Å². The van der Waals surface area contributed by atoms with Gasteiger partial charge in [-0.2, -0.15) is 5.10 Å². The third kappa shape index (κ3) is 6.44. The van der Waals surface area contributed by atoms with Gasteiger partial charge in [-0.15, -0.1) is 0 Å². The predicted molar refractivity (Wildman–Crippen MR) is 118 cm³/mol. The van der Waals surface area contributed by atoms with Crippen LogP contribution in [-0.4, -0.2) is 34.7 Å². The van der Waals surface area contributed by atoms with Crippen molar-refractivity contribution >= 4 is 11.8 Å². The molecule has 1 aliphatic rings. The first-order valence-electron chi connectivity index (χ1n) is 11.3. The van der Waals surface area contributed by atoms with Gasteiger partial charge in [0, 0.05) is 19.5 Å². The van der Waals surface area contributed by atoms with Crippen molar-refractivity contribution in [1.82, 2.24) is 20.4 Å². The Morgan fingerprint density at radius 1 is 1.07 bits per heavy atom. The van der Waals surface area contributed by atoms with E-state index in [9.17, 15) is 9.59 Å². The van der Waals surface area contributed by atoms with Crippen molar-refractivity contribution in [3.8, 4) is 0 Å². The van der Waals surface area contributed by atoms with Crippen LogP contribution in [0.3, 0.4) is 0 Å². The summed E-state index contributed by atoms with van der Waals surface area (Å²) in [6.45, 7) is 3.63. The fraction of sp³-hybridized carbons (Fsp3) is 0.542. The van der Waals surface area contributed by atoms with E-state index in [1.807, 2.05) is 22.9 Å². The maximum Gasteiger partial charge on any atom is 0.254 e. The van der Waals surface area contributed by atoms with Gasteiger partial charge in [0.1, 0.15) is 0 Å². The SMILES string of the molecule is CCCc1c(C(=O)NCCNC(=O)CC2CCCCC2)cnn1Cc1ccccc1. The minimum atomic E-state index is -0.126. The maximum atomic E-state index is 12.7. The highest BCUT2D eigenvalue weighted by Gasteiger charge is 2.18. The van der Waals surface area contributed by atoms with Crippen LogP contribution in [-0.2, 0) is 17.8 Å².